The van der Waals surface area contributed by atoms with E-state index in [1.54, 1.807) is 4.90 Å². The van der Waals surface area contributed by atoms with Gasteiger partial charge < -0.3 is 19.8 Å². The molecule has 0 aromatic heterocycles. The third-order valence-corrected chi connectivity index (χ3v) is 3.06. The van der Waals surface area contributed by atoms with Gasteiger partial charge in [-0.1, -0.05) is 0 Å². The predicted octanol–water partition coefficient (Wildman–Crippen LogP) is 0.241. The van der Waals surface area contributed by atoms with Gasteiger partial charge in [0.2, 0.25) is 5.91 Å². The van der Waals surface area contributed by atoms with Crippen molar-refractivity contribution in [1.82, 2.24) is 4.90 Å². The Morgan fingerprint density at radius 3 is 2.89 bits per heavy atom. The smallest absolute Gasteiger partial charge is 0.329 e. The molecule has 1 heterocycles. The van der Waals surface area contributed by atoms with Crippen LogP contribution in [-0.4, -0.2) is 59.4 Å². The molecule has 2 N–H and O–H groups in total. The highest BCUT2D eigenvalue weighted by atomic mass is 16.5. The highest BCUT2D eigenvalue weighted by Crippen LogP contribution is 2.18. The Kier molecular flexibility index (Phi) is 6.67. The molecule has 6 nitrogen and oxygen atoms in total. The van der Waals surface area contributed by atoms with Gasteiger partial charge in [0, 0.05) is 19.6 Å². The summed E-state index contributed by atoms with van der Waals surface area (Å²) in [5.41, 5.74) is 0. The third kappa shape index (κ3) is 5.01. The SMILES string of the molecule is O=C(O)COCCCCN1C(=O)CCC[C@@H]1CO. The number of piperidine rings is 1. The number of amides is 1. The number of aliphatic hydroxyl groups is 1. The second-order valence-electron chi connectivity index (χ2n) is 4.47. The summed E-state index contributed by atoms with van der Waals surface area (Å²) in [7, 11) is 0. The zero-order chi connectivity index (χ0) is 13.4. The van der Waals surface area contributed by atoms with Crippen LogP contribution in [-0.2, 0) is 14.3 Å². The van der Waals surface area contributed by atoms with Gasteiger partial charge >= 0.3 is 5.97 Å². The van der Waals surface area contributed by atoms with Crippen LogP contribution >= 0.6 is 0 Å². The molecule has 1 aliphatic heterocycles. The van der Waals surface area contributed by atoms with Crippen LogP contribution in [0.3, 0.4) is 0 Å². The summed E-state index contributed by atoms with van der Waals surface area (Å²) in [5, 5.41) is 17.6. The van der Waals surface area contributed by atoms with Crippen LogP contribution in [0.5, 0.6) is 0 Å². The molecule has 0 aromatic carbocycles. The molecule has 1 aliphatic rings. The normalized spacial score (nSPS) is 20.2. The molecule has 18 heavy (non-hydrogen) atoms. The van der Waals surface area contributed by atoms with Gasteiger partial charge in [-0.3, -0.25) is 4.79 Å². The summed E-state index contributed by atoms with van der Waals surface area (Å²) in [6, 6.07) is -0.0498. The molecular weight excluding hydrogens is 238 g/mol. The fraction of sp³-hybridized carbons (Fsp3) is 0.833. The molecule has 1 fully saturated rings. The average Bonchev–Trinajstić information content (AvgIpc) is 2.34. The summed E-state index contributed by atoms with van der Waals surface area (Å²) in [6.45, 7) is 0.738. The van der Waals surface area contributed by atoms with Crippen molar-refractivity contribution in [2.24, 2.45) is 0 Å². The number of aliphatic carboxylic acids is 1. The predicted molar refractivity (Wildman–Crippen MR) is 64.1 cm³/mol. The standard InChI is InChI=1S/C12H21NO5/c14-8-10-4-3-5-11(15)13(10)6-1-2-7-18-9-12(16)17/h10,14H,1-9H2,(H,16,17)/t10-/m1/s1. The highest BCUT2D eigenvalue weighted by Gasteiger charge is 2.26. The number of carbonyl (C=O) groups is 2. The zero-order valence-corrected chi connectivity index (χ0v) is 10.5. The number of carboxylic acid groups (broad SMARTS) is 1. The molecule has 1 amide bonds. The van der Waals surface area contributed by atoms with Gasteiger partial charge in [-0.15, -0.1) is 0 Å². The molecule has 0 spiro atoms. The molecule has 1 rings (SSSR count). The number of nitrogens with zero attached hydrogens (tertiary/aromatic N) is 1. The van der Waals surface area contributed by atoms with E-state index in [0.717, 1.165) is 25.7 Å². The van der Waals surface area contributed by atoms with Gasteiger partial charge in [-0.2, -0.15) is 0 Å². The molecule has 1 saturated heterocycles. The van der Waals surface area contributed by atoms with Crippen molar-refractivity contribution in [2.75, 3.05) is 26.4 Å². The number of rotatable bonds is 8. The van der Waals surface area contributed by atoms with Gasteiger partial charge in [0.15, 0.2) is 0 Å². The summed E-state index contributed by atoms with van der Waals surface area (Å²) < 4.78 is 4.91. The monoisotopic (exact) mass is 259 g/mol. The minimum Gasteiger partial charge on any atom is -0.480 e. The van der Waals surface area contributed by atoms with E-state index in [-0.39, 0.29) is 25.2 Å². The highest BCUT2D eigenvalue weighted by molar-refractivity contribution is 5.77. The Balaban J connectivity index is 2.16. The number of carboxylic acids is 1. The van der Waals surface area contributed by atoms with E-state index in [1.165, 1.54) is 0 Å². The van der Waals surface area contributed by atoms with E-state index >= 15 is 0 Å². The lowest BCUT2D eigenvalue weighted by molar-refractivity contribution is -0.142. The summed E-state index contributed by atoms with van der Waals surface area (Å²) >= 11 is 0. The fourth-order valence-electron chi connectivity index (χ4n) is 2.13. The van der Waals surface area contributed by atoms with Crippen molar-refractivity contribution in [2.45, 2.75) is 38.1 Å². The van der Waals surface area contributed by atoms with Crippen LogP contribution in [0.25, 0.3) is 0 Å². The van der Waals surface area contributed by atoms with Crippen molar-refractivity contribution in [3.8, 4) is 0 Å². The largest absolute Gasteiger partial charge is 0.480 e. The quantitative estimate of drug-likeness (QED) is 0.610. The average molecular weight is 259 g/mol. The number of hydrogen-bond acceptors (Lipinski definition) is 4. The molecule has 104 valence electrons. The second kappa shape index (κ2) is 8.05. The van der Waals surface area contributed by atoms with E-state index in [4.69, 9.17) is 9.84 Å². The molecular formula is C12H21NO5. The fourth-order valence-corrected chi connectivity index (χ4v) is 2.13. The lowest BCUT2D eigenvalue weighted by Gasteiger charge is -2.34. The van der Waals surface area contributed by atoms with Crippen molar-refractivity contribution in [3.05, 3.63) is 0 Å². The van der Waals surface area contributed by atoms with E-state index < -0.39 is 5.97 Å². The van der Waals surface area contributed by atoms with Gasteiger partial charge in [-0.25, -0.2) is 4.79 Å². The van der Waals surface area contributed by atoms with E-state index in [9.17, 15) is 14.7 Å². The molecule has 1 atom stereocenters. The maximum atomic E-state index is 11.7. The number of carbonyl (C=O) groups excluding carboxylic acids is 1. The topological polar surface area (TPSA) is 87.1 Å². The van der Waals surface area contributed by atoms with Crippen LogP contribution in [0.4, 0.5) is 0 Å². The molecule has 0 aliphatic carbocycles. The Bertz CT molecular complexity index is 282. The summed E-state index contributed by atoms with van der Waals surface area (Å²) in [4.78, 5) is 23.6. The number of hydrogen-bond donors (Lipinski definition) is 2. The van der Waals surface area contributed by atoms with Gasteiger partial charge in [0.1, 0.15) is 6.61 Å². The zero-order valence-electron chi connectivity index (χ0n) is 10.5. The van der Waals surface area contributed by atoms with Crippen molar-refractivity contribution < 1.29 is 24.5 Å². The molecule has 0 aromatic rings. The van der Waals surface area contributed by atoms with Crippen LogP contribution in [0.2, 0.25) is 0 Å². The second-order valence-corrected chi connectivity index (χ2v) is 4.47. The molecule has 0 bridgehead atoms. The first-order valence-electron chi connectivity index (χ1n) is 6.35. The number of unbranched alkanes of at least 4 members (excludes halogenated alkanes) is 1. The maximum absolute atomic E-state index is 11.7. The van der Waals surface area contributed by atoms with Crippen LogP contribution in [0, 0.1) is 0 Å². The van der Waals surface area contributed by atoms with E-state index in [0.29, 0.717) is 19.6 Å². The first-order chi connectivity index (χ1) is 8.65. The Labute approximate surface area is 107 Å². The number of aliphatic hydroxyl groups excluding tert-OH is 1. The Morgan fingerprint density at radius 2 is 2.22 bits per heavy atom. The van der Waals surface area contributed by atoms with Crippen molar-refractivity contribution >= 4 is 11.9 Å². The first kappa shape index (κ1) is 14.9. The summed E-state index contributed by atoms with van der Waals surface area (Å²) in [6.07, 6.45) is 3.75. The minimum atomic E-state index is -0.971. The van der Waals surface area contributed by atoms with E-state index in [1.807, 2.05) is 0 Å². The molecule has 0 radical (unpaired) electrons. The van der Waals surface area contributed by atoms with E-state index in [2.05, 4.69) is 0 Å². The number of ether oxygens (including phenoxy) is 1. The van der Waals surface area contributed by atoms with Crippen molar-refractivity contribution in [1.29, 1.82) is 0 Å². The Morgan fingerprint density at radius 1 is 1.44 bits per heavy atom. The maximum Gasteiger partial charge on any atom is 0.329 e. The lowest BCUT2D eigenvalue weighted by atomic mass is 10.0. The van der Waals surface area contributed by atoms with Crippen LogP contribution in [0.15, 0.2) is 0 Å². The van der Waals surface area contributed by atoms with Crippen molar-refractivity contribution in [3.63, 3.8) is 0 Å². The van der Waals surface area contributed by atoms with Crippen LogP contribution < -0.4 is 0 Å². The van der Waals surface area contributed by atoms with Gasteiger partial charge in [0.25, 0.3) is 0 Å². The molecule has 0 unspecified atom stereocenters. The van der Waals surface area contributed by atoms with Gasteiger partial charge in [0.05, 0.1) is 12.6 Å². The summed E-state index contributed by atoms with van der Waals surface area (Å²) in [5.74, 6) is -0.867. The number of likely N-dealkylation sites (tertiary alicyclic amines) is 1. The van der Waals surface area contributed by atoms with Crippen LogP contribution in [0.1, 0.15) is 32.1 Å². The molecule has 0 saturated carbocycles. The third-order valence-electron chi connectivity index (χ3n) is 3.06. The molecule has 6 heteroatoms. The lowest BCUT2D eigenvalue weighted by Crippen LogP contribution is -2.46. The van der Waals surface area contributed by atoms with Gasteiger partial charge in [-0.05, 0) is 25.7 Å². The first-order valence-corrected chi connectivity index (χ1v) is 6.35. The minimum absolute atomic E-state index is 0.0151. The Hall–Kier alpha value is -1.14.